The Morgan fingerprint density at radius 2 is 1.90 bits per heavy atom. The van der Waals surface area contributed by atoms with E-state index in [4.69, 9.17) is 9.47 Å². The molecule has 0 saturated carbocycles. The van der Waals surface area contributed by atoms with Gasteiger partial charge in [-0.15, -0.1) is 10.2 Å². The standard InChI is InChI=1S/C22H24N4O3S/c1-2-26-20(14-16-9-10-18-19(13-16)29-12-6-11-28-18)24-25-22(26)30-15-21(27)23-17-7-4-3-5-8-17/h3-5,7-10,13H,2,6,11-12,14-15H2,1H3,(H,23,27). The highest BCUT2D eigenvalue weighted by atomic mass is 32.2. The lowest BCUT2D eigenvalue weighted by molar-refractivity contribution is -0.113. The summed E-state index contributed by atoms with van der Waals surface area (Å²) in [6.07, 6.45) is 1.51. The van der Waals surface area contributed by atoms with Crippen molar-refractivity contribution in [2.45, 2.75) is 31.5 Å². The summed E-state index contributed by atoms with van der Waals surface area (Å²) in [6.45, 7) is 4.12. The zero-order valence-electron chi connectivity index (χ0n) is 16.8. The van der Waals surface area contributed by atoms with Crippen LogP contribution in [-0.2, 0) is 17.8 Å². The third-order valence-electron chi connectivity index (χ3n) is 4.67. The normalized spacial score (nSPS) is 13.0. The number of benzene rings is 2. The van der Waals surface area contributed by atoms with Gasteiger partial charge in [-0.25, -0.2) is 0 Å². The van der Waals surface area contributed by atoms with E-state index >= 15 is 0 Å². The van der Waals surface area contributed by atoms with E-state index in [9.17, 15) is 4.79 Å². The highest BCUT2D eigenvalue weighted by Crippen LogP contribution is 2.31. The number of carbonyl (C=O) groups excluding carboxylic acids is 1. The van der Waals surface area contributed by atoms with Crippen LogP contribution in [0, 0.1) is 0 Å². The Morgan fingerprint density at radius 3 is 2.70 bits per heavy atom. The van der Waals surface area contributed by atoms with Gasteiger partial charge in [0.2, 0.25) is 5.91 Å². The fraction of sp³-hybridized carbons (Fsp3) is 0.318. The van der Waals surface area contributed by atoms with Gasteiger partial charge in [-0.2, -0.15) is 0 Å². The summed E-state index contributed by atoms with van der Waals surface area (Å²) in [5.41, 5.74) is 1.87. The Morgan fingerprint density at radius 1 is 1.10 bits per heavy atom. The first-order chi connectivity index (χ1) is 14.7. The molecule has 1 aliphatic rings. The van der Waals surface area contributed by atoms with Crippen LogP contribution in [0.5, 0.6) is 11.5 Å². The number of fused-ring (bicyclic) bond motifs is 1. The number of ether oxygens (including phenoxy) is 2. The van der Waals surface area contributed by atoms with E-state index < -0.39 is 0 Å². The van der Waals surface area contributed by atoms with Gasteiger partial charge in [0.1, 0.15) is 5.82 Å². The van der Waals surface area contributed by atoms with E-state index in [1.165, 1.54) is 11.8 Å². The first kappa shape index (κ1) is 20.3. The van der Waals surface area contributed by atoms with Gasteiger partial charge in [0, 0.05) is 25.1 Å². The molecular formula is C22H24N4O3S. The number of anilines is 1. The molecule has 0 bridgehead atoms. The van der Waals surface area contributed by atoms with Gasteiger partial charge in [0.25, 0.3) is 0 Å². The highest BCUT2D eigenvalue weighted by molar-refractivity contribution is 7.99. The van der Waals surface area contributed by atoms with E-state index in [2.05, 4.69) is 22.4 Å². The third-order valence-corrected chi connectivity index (χ3v) is 5.64. The van der Waals surface area contributed by atoms with Crippen LogP contribution in [0.2, 0.25) is 0 Å². The second-order valence-corrected chi connectivity index (χ2v) is 7.80. The third kappa shape index (κ3) is 4.94. The zero-order chi connectivity index (χ0) is 20.8. The molecule has 156 valence electrons. The molecule has 4 rings (SSSR count). The minimum absolute atomic E-state index is 0.0682. The Balaban J connectivity index is 1.41. The largest absolute Gasteiger partial charge is 0.490 e. The molecule has 2 heterocycles. The van der Waals surface area contributed by atoms with Gasteiger partial charge in [-0.05, 0) is 36.8 Å². The predicted octanol–water partition coefficient (Wildman–Crippen LogP) is 3.78. The van der Waals surface area contributed by atoms with E-state index in [0.29, 0.717) is 19.6 Å². The second-order valence-electron chi connectivity index (χ2n) is 6.85. The highest BCUT2D eigenvalue weighted by Gasteiger charge is 2.16. The molecule has 0 radical (unpaired) electrons. The number of nitrogens with zero attached hydrogens (tertiary/aromatic N) is 3. The van der Waals surface area contributed by atoms with E-state index in [0.717, 1.165) is 46.7 Å². The molecule has 1 aliphatic heterocycles. The quantitative estimate of drug-likeness (QED) is 0.582. The SMILES string of the molecule is CCn1c(Cc2ccc3c(c2)OCCCO3)nnc1SCC(=O)Nc1ccccc1. The smallest absolute Gasteiger partial charge is 0.234 e. The molecule has 1 amide bonds. The van der Waals surface area contributed by atoms with Crippen molar-refractivity contribution in [3.8, 4) is 11.5 Å². The molecule has 0 saturated heterocycles. The van der Waals surface area contributed by atoms with Crippen molar-refractivity contribution in [2.24, 2.45) is 0 Å². The van der Waals surface area contributed by atoms with Gasteiger partial charge >= 0.3 is 0 Å². The van der Waals surface area contributed by atoms with Crippen LogP contribution in [0.4, 0.5) is 5.69 Å². The lowest BCUT2D eigenvalue weighted by atomic mass is 10.1. The monoisotopic (exact) mass is 424 g/mol. The van der Waals surface area contributed by atoms with Crippen LogP contribution in [0.3, 0.4) is 0 Å². The maximum Gasteiger partial charge on any atom is 0.234 e. The number of rotatable bonds is 7. The summed E-state index contributed by atoms with van der Waals surface area (Å²) in [6, 6.07) is 15.4. The van der Waals surface area contributed by atoms with E-state index in [1.54, 1.807) is 0 Å². The minimum Gasteiger partial charge on any atom is -0.490 e. The molecular weight excluding hydrogens is 400 g/mol. The molecule has 1 N–H and O–H groups in total. The summed E-state index contributed by atoms with van der Waals surface area (Å²) in [7, 11) is 0. The lowest BCUT2D eigenvalue weighted by Crippen LogP contribution is -2.14. The molecule has 1 aromatic heterocycles. The van der Waals surface area contributed by atoms with Crippen molar-refractivity contribution in [3.63, 3.8) is 0 Å². The Hall–Kier alpha value is -3.00. The summed E-state index contributed by atoms with van der Waals surface area (Å²) in [5, 5.41) is 12.3. The maximum atomic E-state index is 12.2. The number of nitrogens with one attached hydrogen (secondary N) is 1. The van der Waals surface area contributed by atoms with Crippen molar-refractivity contribution < 1.29 is 14.3 Å². The molecule has 0 fully saturated rings. The topological polar surface area (TPSA) is 78.3 Å². The number of hydrogen-bond donors (Lipinski definition) is 1. The van der Waals surface area contributed by atoms with E-state index in [1.807, 2.05) is 53.1 Å². The molecule has 0 unspecified atom stereocenters. The Labute approximate surface area is 179 Å². The molecule has 0 spiro atoms. The van der Waals surface area contributed by atoms with Crippen molar-refractivity contribution in [1.82, 2.24) is 14.8 Å². The molecule has 30 heavy (non-hydrogen) atoms. The molecule has 2 aromatic carbocycles. The van der Waals surface area contributed by atoms with Crippen LogP contribution in [0.25, 0.3) is 0 Å². The summed E-state index contributed by atoms with van der Waals surface area (Å²) in [4.78, 5) is 12.2. The first-order valence-electron chi connectivity index (χ1n) is 10.0. The number of amides is 1. The van der Waals surface area contributed by atoms with Crippen molar-refractivity contribution in [3.05, 3.63) is 59.9 Å². The van der Waals surface area contributed by atoms with Crippen LogP contribution >= 0.6 is 11.8 Å². The zero-order valence-corrected chi connectivity index (χ0v) is 17.7. The predicted molar refractivity (Wildman–Crippen MR) is 116 cm³/mol. The fourth-order valence-electron chi connectivity index (χ4n) is 3.22. The number of carbonyl (C=O) groups is 1. The fourth-order valence-corrected chi connectivity index (χ4v) is 4.04. The minimum atomic E-state index is -0.0682. The van der Waals surface area contributed by atoms with Gasteiger partial charge in [-0.1, -0.05) is 36.0 Å². The number of aromatic nitrogens is 3. The average Bonchev–Trinajstić information content (AvgIpc) is 2.99. The van der Waals surface area contributed by atoms with Crippen LogP contribution in [0.15, 0.2) is 53.7 Å². The number of thioether (sulfide) groups is 1. The molecule has 0 aliphatic carbocycles. The number of para-hydroxylation sites is 1. The lowest BCUT2D eigenvalue weighted by Gasteiger charge is -2.10. The second kappa shape index (κ2) is 9.67. The molecule has 7 nitrogen and oxygen atoms in total. The molecule has 8 heteroatoms. The van der Waals surface area contributed by atoms with Gasteiger partial charge < -0.3 is 19.4 Å². The Bertz CT molecular complexity index is 1010. The molecule has 3 aromatic rings. The first-order valence-corrected chi connectivity index (χ1v) is 11.0. The maximum absolute atomic E-state index is 12.2. The van der Waals surface area contributed by atoms with Crippen molar-refractivity contribution in [2.75, 3.05) is 24.3 Å². The van der Waals surface area contributed by atoms with Crippen LogP contribution in [0.1, 0.15) is 24.7 Å². The molecule has 0 atom stereocenters. The van der Waals surface area contributed by atoms with Gasteiger partial charge in [0.05, 0.1) is 19.0 Å². The number of hydrogen-bond acceptors (Lipinski definition) is 6. The van der Waals surface area contributed by atoms with Crippen LogP contribution < -0.4 is 14.8 Å². The van der Waals surface area contributed by atoms with Gasteiger partial charge in [0.15, 0.2) is 16.7 Å². The summed E-state index contributed by atoms with van der Waals surface area (Å²) >= 11 is 1.39. The summed E-state index contributed by atoms with van der Waals surface area (Å²) < 4.78 is 13.5. The van der Waals surface area contributed by atoms with Crippen molar-refractivity contribution in [1.29, 1.82) is 0 Å². The van der Waals surface area contributed by atoms with Gasteiger partial charge in [-0.3, -0.25) is 4.79 Å². The van der Waals surface area contributed by atoms with Crippen molar-refractivity contribution >= 4 is 23.4 Å². The van der Waals surface area contributed by atoms with E-state index in [-0.39, 0.29) is 11.7 Å². The van der Waals surface area contributed by atoms with Crippen LogP contribution in [-0.4, -0.2) is 39.6 Å². The Kier molecular flexibility index (Phi) is 6.53. The average molecular weight is 425 g/mol. The summed E-state index contributed by atoms with van der Waals surface area (Å²) in [5.74, 6) is 2.63.